The number of hydrogen-bond acceptors (Lipinski definition) is 10. The zero-order valence-corrected chi connectivity index (χ0v) is 40.4. The van der Waals surface area contributed by atoms with E-state index in [1.165, 1.54) is 26.2 Å². The van der Waals surface area contributed by atoms with Gasteiger partial charge in [-0.2, -0.15) is 0 Å². The Bertz CT molecular complexity index is 1590. The fraction of sp³-hybridized carbons (Fsp3) is 0.745. The molecule has 1 aromatic carbocycles. The van der Waals surface area contributed by atoms with E-state index in [-0.39, 0.29) is 54.2 Å². The van der Waals surface area contributed by atoms with Crippen LogP contribution in [-0.2, 0) is 49.4 Å². The van der Waals surface area contributed by atoms with Crippen molar-refractivity contribution in [2.75, 3.05) is 49.0 Å². The van der Waals surface area contributed by atoms with Crippen LogP contribution in [0.5, 0.6) is 0 Å². The predicted molar refractivity (Wildman–Crippen MR) is 241 cm³/mol. The highest BCUT2D eigenvalue weighted by atomic mass is 16.5. The smallest absolute Gasteiger partial charge is 0.328 e. The maximum Gasteiger partial charge on any atom is 0.328 e. The quantitative estimate of drug-likeness (QED) is 0.122. The van der Waals surface area contributed by atoms with Gasteiger partial charge in [-0.25, -0.2) is 4.79 Å². The van der Waals surface area contributed by atoms with Crippen molar-refractivity contribution in [1.29, 1.82) is 0 Å². The van der Waals surface area contributed by atoms with E-state index in [0.717, 1.165) is 5.56 Å². The Balaban J connectivity index is 2.32. The molecular weight excluding hydrogens is 793 g/mol. The summed E-state index contributed by atoms with van der Waals surface area (Å²) in [5.41, 5.74) is 0.864. The third-order valence-corrected chi connectivity index (χ3v) is 12.6. The van der Waals surface area contributed by atoms with Gasteiger partial charge in [0, 0.05) is 41.3 Å². The number of rotatable bonds is 25. The minimum Gasteiger partial charge on any atom is -0.467 e. The molecule has 10 unspecified atom stereocenters. The first-order chi connectivity index (χ1) is 29.2. The number of methoxy groups -OCH3 is 3. The maximum absolute atomic E-state index is 14.6. The Morgan fingerprint density at radius 2 is 1.44 bits per heavy atom. The van der Waals surface area contributed by atoms with E-state index in [4.69, 9.17) is 14.2 Å². The summed E-state index contributed by atoms with van der Waals surface area (Å²) in [7, 11) is 9.40. The topological polar surface area (TPSA) is 176 Å². The van der Waals surface area contributed by atoms with Crippen molar-refractivity contribution in [2.24, 2.45) is 29.6 Å². The lowest BCUT2D eigenvalue weighted by Crippen LogP contribution is -2.61. The van der Waals surface area contributed by atoms with Crippen molar-refractivity contribution in [3.8, 4) is 0 Å². The molecule has 1 aliphatic rings. The average molecular weight is 873 g/mol. The summed E-state index contributed by atoms with van der Waals surface area (Å²) in [6, 6.07) is 5.28. The summed E-state index contributed by atoms with van der Waals surface area (Å²) in [6.45, 7) is 17.8. The molecule has 352 valence electrons. The molecule has 15 nitrogen and oxygen atoms in total. The lowest BCUT2D eigenvalue weighted by Gasteiger charge is -2.41. The van der Waals surface area contributed by atoms with Crippen LogP contribution in [0.1, 0.15) is 100.0 Å². The number of esters is 1. The zero-order chi connectivity index (χ0) is 47.0. The molecule has 1 aromatic rings. The molecule has 1 aliphatic heterocycles. The highest BCUT2D eigenvalue weighted by Crippen LogP contribution is 2.30. The summed E-state index contributed by atoms with van der Waals surface area (Å²) in [5, 5.41) is 8.96. The molecule has 62 heavy (non-hydrogen) atoms. The van der Waals surface area contributed by atoms with Crippen molar-refractivity contribution >= 4 is 35.5 Å². The monoisotopic (exact) mass is 873 g/mol. The number of amides is 5. The Morgan fingerprint density at radius 1 is 0.806 bits per heavy atom. The van der Waals surface area contributed by atoms with Crippen molar-refractivity contribution in [3.63, 3.8) is 0 Å². The van der Waals surface area contributed by atoms with Crippen LogP contribution >= 0.6 is 0 Å². The summed E-state index contributed by atoms with van der Waals surface area (Å²) in [6.07, 6.45) is 1.44. The summed E-state index contributed by atoms with van der Waals surface area (Å²) in [4.78, 5) is 87.9. The molecule has 0 radical (unpaired) electrons. The molecule has 0 saturated carbocycles. The van der Waals surface area contributed by atoms with Crippen molar-refractivity contribution in [3.05, 3.63) is 35.9 Å². The van der Waals surface area contributed by atoms with Gasteiger partial charge in [-0.1, -0.05) is 99.1 Å². The van der Waals surface area contributed by atoms with Crippen LogP contribution in [0.15, 0.2) is 30.3 Å². The molecule has 1 fully saturated rings. The van der Waals surface area contributed by atoms with Crippen LogP contribution in [0.2, 0.25) is 0 Å². The molecule has 0 aliphatic carbocycles. The van der Waals surface area contributed by atoms with Crippen LogP contribution in [-0.4, -0.2) is 148 Å². The average Bonchev–Trinajstić information content (AvgIpc) is 3.73. The third kappa shape index (κ3) is 14.5. The largest absolute Gasteiger partial charge is 0.467 e. The van der Waals surface area contributed by atoms with E-state index >= 15 is 0 Å². The van der Waals surface area contributed by atoms with Gasteiger partial charge >= 0.3 is 5.97 Å². The molecule has 3 N–H and O–H groups in total. The van der Waals surface area contributed by atoms with E-state index < -0.39 is 72.2 Å². The van der Waals surface area contributed by atoms with Crippen molar-refractivity contribution in [1.82, 2.24) is 30.7 Å². The van der Waals surface area contributed by atoms with Gasteiger partial charge in [-0.3, -0.25) is 24.0 Å². The minimum atomic E-state index is -0.919. The second kappa shape index (κ2) is 25.9. The van der Waals surface area contributed by atoms with Crippen LogP contribution in [0.4, 0.5) is 0 Å². The number of hydrogen-bond donors (Lipinski definition) is 3. The van der Waals surface area contributed by atoms with Gasteiger partial charge in [0.05, 0.1) is 49.8 Å². The number of nitrogens with zero attached hydrogens (tertiary/aromatic N) is 3. The maximum atomic E-state index is 14.6. The number of carbonyl (C=O) groups excluding carboxylic acids is 6. The van der Waals surface area contributed by atoms with E-state index in [9.17, 15) is 28.8 Å². The Morgan fingerprint density at radius 3 is 1.94 bits per heavy atom. The number of likely N-dealkylation sites (N-methyl/N-ethyl adjacent to an activating group) is 3. The Hall–Kier alpha value is -4.08. The van der Waals surface area contributed by atoms with Crippen LogP contribution < -0.4 is 16.0 Å². The van der Waals surface area contributed by atoms with Crippen LogP contribution in [0, 0.1) is 29.6 Å². The van der Waals surface area contributed by atoms with Crippen LogP contribution in [0.3, 0.4) is 0 Å². The van der Waals surface area contributed by atoms with E-state index in [2.05, 4.69) is 16.0 Å². The van der Waals surface area contributed by atoms with Gasteiger partial charge < -0.3 is 44.9 Å². The second-order valence-corrected chi connectivity index (χ2v) is 18.2. The van der Waals surface area contributed by atoms with E-state index in [1.807, 2.05) is 85.7 Å². The second-order valence-electron chi connectivity index (χ2n) is 18.2. The molecule has 1 heterocycles. The molecule has 1 saturated heterocycles. The Labute approximate surface area is 372 Å². The number of ether oxygens (including phenoxy) is 3. The van der Waals surface area contributed by atoms with Crippen molar-refractivity contribution < 1.29 is 43.0 Å². The highest BCUT2D eigenvalue weighted by molar-refractivity contribution is 5.93. The summed E-state index contributed by atoms with van der Waals surface area (Å²) < 4.78 is 17.0. The zero-order valence-electron chi connectivity index (χ0n) is 40.4. The first-order valence-corrected chi connectivity index (χ1v) is 22.5. The van der Waals surface area contributed by atoms with Gasteiger partial charge in [0.25, 0.3) is 0 Å². The molecule has 5 amide bonds. The third-order valence-electron chi connectivity index (χ3n) is 12.6. The number of carbonyl (C=O) groups is 6. The molecular formula is C47H80N6O9. The Kier molecular flexibility index (Phi) is 22.6. The predicted octanol–water partition coefficient (Wildman–Crippen LogP) is 4.07. The van der Waals surface area contributed by atoms with Gasteiger partial charge in [-0.05, 0) is 55.5 Å². The van der Waals surface area contributed by atoms with Crippen molar-refractivity contribution in [2.45, 2.75) is 149 Å². The molecule has 15 heteroatoms. The lowest BCUT2D eigenvalue weighted by molar-refractivity contribution is -0.149. The summed E-state index contributed by atoms with van der Waals surface area (Å²) in [5.74, 6) is -3.18. The van der Waals surface area contributed by atoms with Gasteiger partial charge in [-0.15, -0.1) is 0 Å². The fourth-order valence-electron chi connectivity index (χ4n) is 8.89. The standard InChI is InChI=1S/C47H80N6O9/c1-16-31(8)41(52(12)46(58)39(29(4)5)50-44(56)40(30(6)7)51(11)45(57)34(48-10)25-28(2)3)37(60-13)27-38(54)53-24-20-23-36(53)42(61-14)32(9)43(55)49-35(47(59)62-15)26-33-21-18-17-19-22-33/h17-19,21-22,28-32,34-37,39-42,48H,16,20,23-27H2,1-15H3,(H,49,55)(H,50,56). The fourth-order valence-corrected chi connectivity index (χ4v) is 8.89. The lowest BCUT2D eigenvalue weighted by atomic mass is 9.89. The number of benzene rings is 1. The van der Waals surface area contributed by atoms with Gasteiger partial charge in [0.15, 0.2) is 0 Å². The minimum absolute atomic E-state index is 0.0395. The normalized spacial score (nSPS) is 18.5. The van der Waals surface area contributed by atoms with Gasteiger partial charge in [0.1, 0.15) is 18.1 Å². The molecule has 0 aromatic heterocycles. The van der Waals surface area contributed by atoms with E-state index in [1.54, 1.807) is 37.9 Å². The first-order valence-electron chi connectivity index (χ1n) is 22.5. The SMILES string of the molecule is CCC(C)C(C(CC(=O)N1CCCC1C(OC)C(C)C(=O)NC(Cc1ccccc1)C(=O)OC)OC)N(C)C(=O)C(NC(=O)C(C(C)C)N(C)C(=O)C(CC(C)C)NC)C(C)C. The summed E-state index contributed by atoms with van der Waals surface area (Å²) >= 11 is 0. The highest BCUT2D eigenvalue weighted by Gasteiger charge is 2.44. The van der Waals surface area contributed by atoms with Crippen LogP contribution in [0.25, 0.3) is 0 Å². The molecule has 0 bridgehead atoms. The molecule has 10 atom stereocenters. The van der Waals surface area contributed by atoms with E-state index in [0.29, 0.717) is 32.2 Å². The molecule has 0 spiro atoms. The van der Waals surface area contributed by atoms with Gasteiger partial charge in [0.2, 0.25) is 29.5 Å². The number of nitrogens with one attached hydrogen (secondary N) is 3. The number of likely N-dealkylation sites (tertiary alicyclic amines) is 1. The first kappa shape index (κ1) is 54.1. The molecule has 2 rings (SSSR count).